The fourth-order valence-electron chi connectivity index (χ4n) is 2.28. The molecule has 106 valence electrons. The van der Waals surface area contributed by atoms with Crippen molar-refractivity contribution in [2.45, 2.75) is 32.4 Å². The Labute approximate surface area is 119 Å². The van der Waals surface area contributed by atoms with Gasteiger partial charge >= 0.3 is 0 Å². The summed E-state index contributed by atoms with van der Waals surface area (Å²) in [6, 6.07) is 10.2. The van der Waals surface area contributed by atoms with Crippen LogP contribution in [0.25, 0.3) is 0 Å². The van der Waals surface area contributed by atoms with Crippen LogP contribution in [0.1, 0.15) is 30.5 Å². The number of benzene rings is 1. The van der Waals surface area contributed by atoms with Gasteiger partial charge in [0.15, 0.2) is 0 Å². The van der Waals surface area contributed by atoms with Crippen molar-refractivity contribution < 1.29 is 0 Å². The fourth-order valence-corrected chi connectivity index (χ4v) is 2.28. The Bertz CT molecular complexity index is 589. The Morgan fingerprint density at radius 1 is 1.25 bits per heavy atom. The van der Waals surface area contributed by atoms with E-state index in [0.29, 0.717) is 6.54 Å². The molecule has 0 aliphatic carbocycles. The standard InChI is InChI=1S/C16H21N3O/c1-3-4-13-5-7-14(8-6-13)15(17-2)11-19-12-18-10-9-16(19)20/h5-10,12,15,17H,3-4,11H2,1-2H3. The molecule has 1 N–H and O–H groups in total. The second-order valence-corrected chi connectivity index (χ2v) is 4.90. The largest absolute Gasteiger partial charge is 0.312 e. The van der Waals surface area contributed by atoms with Crippen LogP contribution in [0, 0.1) is 0 Å². The number of nitrogens with one attached hydrogen (secondary N) is 1. The van der Waals surface area contributed by atoms with Crippen molar-refractivity contribution in [3.05, 3.63) is 64.3 Å². The number of rotatable bonds is 6. The van der Waals surface area contributed by atoms with E-state index in [4.69, 9.17) is 0 Å². The molecule has 4 nitrogen and oxygen atoms in total. The highest BCUT2D eigenvalue weighted by molar-refractivity contribution is 5.25. The van der Waals surface area contributed by atoms with Crippen molar-refractivity contribution in [3.63, 3.8) is 0 Å². The number of hydrogen-bond acceptors (Lipinski definition) is 3. The molecule has 4 heteroatoms. The van der Waals surface area contributed by atoms with Gasteiger partial charge < -0.3 is 5.32 Å². The lowest BCUT2D eigenvalue weighted by atomic mass is 10.0. The van der Waals surface area contributed by atoms with Crippen molar-refractivity contribution >= 4 is 0 Å². The molecule has 2 aromatic rings. The smallest absolute Gasteiger partial charge is 0.253 e. The number of aryl methyl sites for hydroxylation is 1. The maximum atomic E-state index is 11.7. The van der Waals surface area contributed by atoms with Gasteiger partial charge in [-0.25, -0.2) is 4.98 Å². The van der Waals surface area contributed by atoms with Crippen LogP contribution in [0.4, 0.5) is 0 Å². The van der Waals surface area contributed by atoms with Gasteiger partial charge in [0.05, 0.1) is 12.4 Å². The predicted molar refractivity (Wildman–Crippen MR) is 80.7 cm³/mol. The molecule has 0 aliphatic rings. The number of likely N-dealkylation sites (N-methyl/N-ethyl adjacent to an activating group) is 1. The molecule has 0 saturated carbocycles. The maximum Gasteiger partial charge on any atom is 0.253 e. The first-order valence-corrected chi connectivity index (χ1v) is 7.01. The summed E-state index contributed by atoms with van der Waals surface area (Å²) in [5, 5.41) is 3.26. The molecule has 1 unspecified atom stereocenters. The van der Waals surface area contributed by atoms with E-state index >= 15 is 0 Å². The Hall–Kier alpha value is -1.94. The van der Waals surface area contributed by atoms with Crippen LogP contribution in [0.15, 0.2) is 47.7 Å². The Morgan fingerprint density at radius 2 is 2.00 bits per heavy atom. The third-order valence-electron chi connectivity index (χ3n) is 3.44. The van der Waals surface area contributed by atoms with E-state index in [1.54, 1.807) is 10.9 Å². The highest BCUT2D eigenvalue weighted by Crippen LogP contribution is 2.15. The number of nitrogens with zero attached hydrogens (tertiary/aromatic N) is 2. The van der Waals surface area contributed by atoms with Crippen LogP contribution < -0.4 is 10.9 Å². The SMILES string of the molecule is CCCc1ccc(C(Cn2cnccc2=O)NC)cc1. The minimum absolute atomic E-state index is 0.0251. The third-order valence-corrected chi connectivity index (χ3v) is 3.44. The van der Waals surface area contributed by atoms with E-state index in [0.717, 1.165) is 12.8 Å². The van der Waals surface area contributed by atoms with Gasteiger partial charge in [-0.15, -0.1) is 0 Å². The first-order chi connectivity index (χ1) is 9.74. The summed E-state index contributed by atoms with van der Waals surface area (Å²) in [4.78, 5) is 15.7. The number of aromatic nitrogens is 2. The zero-order valence-electron chi connectivity index (χ0n) is 12.0. The summed E-state index contributed by atoms with van der Waals surface area (Å²) < 4.78 is 1.63. The van der Waals surface area contributed by atoms with Gasteiger partial charge in [-0.3, -0.25) is 9.36 Å². The van der Waals surface area contributed by atoms with Crippen LogP contribution in [-0.4, -0.2) is 16.6 Å². The minimum Gasteiger partial charge on any atom is -0.312 e. The van der Waals surface area contributed by atoms with Crippen LogP contribution in [-0.2, 0) is 13.0 Å². The zero-order valence-corrected chi connectivity index (χ0v) is 12.0. The summed E-state index contributed by atoms with van der Waals surface area (Å²) in [5.41, 5.74) is 2.51. The fraction of sp³-hybridized carbons (Fsp3) is 0.375. The van der Waals surface area contributed by atoms with E-state index in [9.17, 15) is 4.79 Å². The molecule has 2 rings (SSSR count). The molecule has 1 heterocycles. The minimum atomic E-state index is -0.0251. The van der Waals surface area contributed by atoms with E-state index in [1.165, 1.54) is 23.4 Å². The van der Waals surface area contributed by atoms with Crippen molar-refractivity contribution in [1.82, 2.24) is 14.9 Å². The first kappa shape index (κ1) is 14.5. The third kappa shape index (κ3) is 3.54. The summed E-state index contributed by atoms with van der Waals surface area (Å²) >= 11 is 0. The van der Waals surface area contributed by atoms with Crippen LogP contribution >= 0.6 is 0 Å². The molecular formula is C16H21N3O. The van der Waals surface area contributed by atoms with Gasteiger partial charge in [-0.1, -0.05) is 37.6 Å². The van der Waals surface area contributed by atoms with Gasteiger partial charge in [-0.05, 0) is 24.6 Å². The topological polar surface area (TPSA) is 46.9 Å². The molecule has 0 amide bonds. The molecule has 0 aliphatic heterocycles. The molecule has 0 saturated heterocycles. The Kier molecular flexibility index (Phi) is 5.07. The summed E-state index contributed by atoms with van der Waals surface area (Å²) in [6.07, 6.45) is 5.36. The number of hydrogen-bond donors (Lipinski definition) is 1. The Balaban J connectivity index is 2.16. The monoisotopic (exact) mass is 271 g/mol. The van der Waals surface area contributed by atoms with Crippen LogP contribution in [0.5, 0.6) is 0 Å². The lowest BCUT2D eigenvalue weighted by Crippen LogP contribution is -2.28. The van der Waals surface area contributed by atoms with E-state index in [2.05, 4.69) is 41.5 Å². The normalized spacial score (nSPS) is 12.3. The van der Waals surface area contributed by atoms with Gasteiger partial charge in [0.1, 0.15) is 0 Å². The summed E-state index contributed by atoms with van der Waals surface area (Å²) in [5.74, 6) is 0. The first-order valence-electron chi connectivity index (χ1n) is 7.01. The molecule has 0 spiro atoms. The van der Waals surface area contributed by atoms with Gasteiger partial charge in [0, 0.05) is 18.8 Å². The predicted octanol–water partition coefficient (Wildman–Crippen LogP) is 2.16. The summed E-state index contributed by atoms with van der Waals surface area (Å²) in [7, 11) is 1.91. The summed E-state index contributed by atoms with van der Waals surface area (Å²) in [6.45, 7) is 2.76. The lowest BCUT2D eigenvalue weighted by molar-refractivity contribution is 0.486. The lowest BCUT2D eigenvalue weighted by Gasteiger charge is -2.18. The molecule has 0 bridgehead atoms. The Morgan fingerprint density at radius 3 is 2.60 bits per heavy atom. The van der Waals surface area contributed by atoms with Gasteiger partial charge in [0.2, 0.25) is 0 Å². The van der Waals surface area contributed by atoms with Crippen molar-refractivity contribution in [2.24, 2.45) is 0 Å². The second kappa shape index (κ2) is 7.01. The van der Waals surface area contributed by atoms with Gasteiger partial charge in [0.25, 0.3) is 5.56 Å². The van der Waals surface area contributed by atoms with Gasteiger partial charge in [-0.2, -0.15) is 0 Å². The molecule has 0 radical (unpaired) electrons. The molecular weight excluding hydrogens is 250 g/mol. The van der Waals surface area contributed by atoms with Crippen LogP contribution in [0.3, 0.4) is 0 Å². The molecule has 1 aromatic heterocycles. The van der Waals surface area contributed by atoms with E-state index in [1.807, 2.05) is 7.05 Å². The molecule has 20 heavy (non-hydrogen) atoms. The highest BCUT2D eigenvalue weighted by Gasteiger charge is 2.10. The molecule has 0 fully saturated rings. The van der Waals surface area contributed by atoms with E-state index < -0.39 is 0 Å². The average molecular weight is 271 g/mol. The second-order valence-electron chi connectivity index (χ2n) is 4.90. The van der Waals surface area contributed by atoms with Crippen molar-refractivity contribution in [3.8, 4) is 0 Å². The highest BCUT2D eigenvalue weighted by atomic mass is 16.1. The molecule has 1 aromatic carbocycles. The molecule has 1 atom stereocenters. The van der Waals surface area contributed by atoms with Crippen molar-refractivity contribution in [2.75, 3.05) is 7.05 Å². The van der Waals surface area contributed by atoms with Crippen LogP contribution in [0.2, 0.25) is 0 Å². The van der Waals surface area contributed by atoms with Crippen molar-refractivity contribution in [1.29, 1.82) is 0 Å². The average Bonchev–Trinajstić information content (AvgIpc) is 2.48. The maximum absolute atomic E-state index is 11.7. The van der Waals surface area contributed by atoms with E-state index in [-0.39, 0.29) is 11.6 Å². The zero-order chi connectivity index (χ0) is 14.4. The quantitative estimate of drug-likeness (QED) is 0.875.